The van der Waals surface area contributed by atoms with E-state index in [1.807, 2.05) is 6.92 Å². The van der Waals surface area contributed by atoms with Crippen molar-refractivity contribution in [3.63, 3.8) is 0 Å². The Kier molecular flexibility index (Phi) is 4.30. The number of likely N-dealkylation sites (tertiary alicyclic amines) is 1. The zero-order valence-corrected chi connectivity index (χ0v) is 9.91. The second-order valence-electron chi connectivity index (χ2n) is 4.31. The highest BCUT2D eigenvalue weighted by atomic mass is 16.5. The van der Waals surface area contributed by atoms with Gasteiger partial charge in [0.15, 0.2) is 5.82 Å². The zero-order chi connectivity index (χ0) is 11.2. The first-order valence-electron chi connectivity index (χ1n) is 6.07. The van der Waals surface area contributed by atoms with Crippen LogP contribution in [0.1, 0.15) is 31.0 Å². The number of hydrogen-bond donors (Lipinski definition) is 1. The lowest BCUT2D eigenvalue weighted by Crippen LogP contribution is -2.24. The Morgan fingerprint density at radius 1 is 1.38 bits per heavy atom. The molecule has 0 bridgehead atoms. The average molecular weight is 224 g/mol. The molecule has 0 aliphatic carbocycles. The minimum Gasteiger partial charge on any atom is -0.338 e. The van der Waals surface area contributed by atoms with E-state index in [1.165, 1.54) is 38.9 Å². The van der Waals surface area contributed by atoms with Gasteiger partial charge in [-0.3, -0.25) is 0 Å². The van der Waals surface area contributed by atoms with Crippen molar-refractivity contribution in [3.05, 3.63) is 11.7 Å². The highest BCUT2D eigenvalue weighted by Gasteiger charge is 2.10. The van der Waals surface area contributed by atoms with Crippen LogP contribution in [0.2, 0.25) is 0 Å². The van der Waals surface area contributed by atoms with Crippen molar-refractivity contribution in [1.82, 2.24) is 20.4 Å². The van der Waals surface area contributed by atoms with Gasteiger partial charge < -0.3 is 14.7 Å². The number of nitrogens with one attached hydrogen (secondary N) is 1. The molecule has 0 unspecified atom stereocenters. The van der Waals surface area contributed by atoms with E-state index < -0.39 is 0 Å². The van der Waals surface area contributed by atoms with Crippen LogP contribution in [-0.4, -0.2) is 41.2 Å². The molecule has 1 saturated heterocycles. The molecule has 1 N–H and O–H groups in total. The molecular weight excluding hydrogens is 204 g/mol. The van der Waals surface area contributed by atoms with Crippen molar-refractivity contribution in [2.75, 3.05) is 26.2 Å². The first-order valence-corrected chi connectivity index (χ1v) is 6.07. The van der Waals surface area contributed by atoms with Gasteiger partial charge in [0.2, 0.25) is 5.89 Å². The van der Waals surface area contributed by atoms with Gasteiger partial charge in [-0.05, 0) is 52.4 Å². The van der Waals surface area contributed by atoms with Crippen LogP contribution in [0.4, 0.5) is 0 Å². The molecule has 1 aromatic heterocycles. The first-order chi connectivity index (χ1) is 7.84. The second kappa shape index (κ2) is 5.96. The molecule has 16 heavy (non-hydrogen) atoms. The predicted octanol–water partition coefficient (Wildman–Crippen LogP) is 0.954. The SMILES string of the molecule is Cc1noc(CNCCCN2CCCC2)n1. The molecule has 5 nitrogen and oxygen atoms in total. The highest BCUT2D eigenvalue weighted by Crippen LogP contribution is 2.06. The summed E-state index contributed by atoms with van der Waals surface area (Å²) in [5, 5.41) is 7.06. The molecule has 5 heteroatoms. The summed E-state index contributed by atoms with van der Waals surface area (Å²) >= 11 is 0. The monoisotopic (exact) mass is 224 g/mol. The van der Waals surface area contributed by atoms with E-state index in [9.17, 15) is 0 Å². The van der Waals surface area contributed by atoms with E-state index in [0.29, 0.717) is 18.3 Å². The van der Waals surface area contributed by atoms with Gasteiger partial charge in [-0.2, -0.15) is 4.98 Å². The third-order valence-electron chi connectivity index (χ3n) is 2.87. The number of rotatable bonds is 6. The molecule has 0 spiro atoms. The largest absolute Gasteiger partial charge is 0.338 e. The Hall–Kier alpha value is -0.940. The van der Waals surface area contributed by atoms with Crippen LogP contribution in [-0.2, 0) is 6.54 Å². The molecule has 90 valence electrons. The molecule has 2 heterocycles. The van der Waals surface area contributed by atoms with Crippen molar-refractivity contribution >= 4 is 0 Å². The van der Waals surface area contributed by atoms with Gasteiger partial charge in [-0.1, -0.05) is 5.16 Å². The zero-order valence-electron chi connectivity index (χ0n) is 9.91. The summed E-state index contributed by atoms with van der Waals surface area (Å²) in [6.45, 7) is 7.29. The molecule has 1 aliphatic heterocycles. The lowest BCUT2D eigenvalue weighted by atomic mass is 10.4. The third-order valence-corrected chi connectivity index (χ3v) is 2.87. The summed E-state index contributed by atoms with van der Waals surface area (Å²) < 4.78 is 5.01. The predicted molar refractivity (Wildman–Crippen MR) is 61.0 cm³/mol. The molecule has 0 radical (unpaired) electrons. The quantitative estimate of drug-likeness (QED) is 0.729. The van der Waals surface area contributed by atoms with Crippen LogP contribution in [0.3, 0.4) is 0 Å². The van der Waals surface area contributed by atoms with Gasteiger partial charge in [0, 0.05) is 0 Å². The maximum absolute atomic E-state index is 5.01. The summed E-state index contributed by atoms with van der Waals surface area (Å²) in [6, 6.07) is 0. The standard InChI is InChI=1S/C11H20N4O/c1-10-13-11(16-14-10)9-12-5-4-8-15-6-2-3-7-15/h12H,2-9H2,1H3. The van der Waals surface area contributed by atoms with E-state index in [1.54, 1.807) is 0 Å². The Labute approximate surface area is 96.2 Å². The molecular formula is C11H20N4O. The van der Waals surface area contributed by atoms with Crippen LogP contribution in [0.25, 0.3) is 0 Å². The van der Waals surface area contributed by atoms with Crippen molar-refractivity contribution < 1.29 is 4.52 Å². The van der Waals surface area contributed by atoms with E-state index in [4.69, 9.17) is 4.52 Å². The summed E-state index contributed by atoms with van der Waals surface area (Å²) in [6.07, 6.45) is 3.93. The third kappa shape index (κ3) is 3.57. The van der Waals surface area contributed by atoms with Gasteiger partial charge in [0.1, 0.15) is 0 Å². The lowest BCUT2D eigenvalue weighted by molar-refractivity contribution is 0.326. The average Bonchev–Trinajstić information content (AvgIpc) is 2.89. The van der Waals surface area contributed by atoms with Gasteiger partial charge >= 0.3 is 0 Å². The fourth-order valence-corrected chi connectivity index (χ4v) is 2.04. The first kappa shape index (κ1) is 11.5. The van der Waals surface area contributed by atoms with Crippen molar-refractivity contribution in [3.8, 4) is 0 Å². The van der Waals surface area contributed by atoms with Crippen LogP contribution < -0.4 is 5.32 Å². The topological polar surface area (TPSA) is 54.2 Å². The van der Waals surface area contributed by atoms with E-state index in [2.05, 4.69) is 20.4 Å². The fraction of sp³-hybridized carbons (Fsp3) is 0.818. The molecule has 1 fully saturated rings. The Bertz CT molecular complexity index is 307. The van der Waals surface area contributed by atoms with E-state index >= 15 is 0 Å². The van der Waals surface area contributed by atoms with Crippen LogP contribution in [0, 0.1) is 6.92 Å². The smallest absolute Gasteiger partial charge is 0.240 e. The second-order valence-corrected chi connectivity index (χ2v) is 4.31. The van der Waals surface area contributed by atoms with Crippen molar-refractivity contribution in [2.24, 2.45) is 0 Å². The summed E-state index contributed by atoms with van der Waals surface area (Å²) in [4.78, 5) is 6.66. The minimum absolute atomic E-state index is 0.679. The molecule has 0 saturated carbocycles. The Morgan fingerprint density at radius 2 is 2.19 bits per heavy atom. The normalized spacial score (nSPS) is 17.1. The van der Waals surface area contributed by atoms with Crippen molar-refractivity contribution in [1.29, 1.82) is 0 Å². The maximum atomic E-state index is 5.01. The van der Waals surface area contributed by atoms with Crippen LogP contribution in [0.15, 0.2) is 4.52 Å². The maximum Gasteiger partial charge on any atom is 0.240 e. The number of aryl methyl sites for hydroxylation is 1. The van der Waals surface area contributed by atoms with Crippen LogP contribution in [0.5, 0.6) is 0 Å². The van der Waals surface area contributed by atoms with Crippen molar-refractivity contribution in [2.45, 2.75) is 32.7 Å². The van der Waals surface area contributed by atoms with Gasteiger partial charge in [0.25, 0.3) is 0 Å². The van der Waals surface area contributed by atoms with Crippen LogP contribution >= 0.6 is 0 Å². The summed E-state index contributed by atoms with van der Waals surface area (Å²) in [5.41, 5.74) is 0. The molecule has 0 atom stereocenters. The Morgan fingerprint density at radius 3 is 2.88 bits per heavy atom. The number of nitrogens with zero attached hydrogens (tertiary/aromatic N) is 3. The van der Waals surface area contributed by atoms with E-state index in [0.717, 1.165) is 6.54 Å². The van der Waals surface area contributed by atoms with E-state index in [-0.39, 0.29) is 0 Å². The summed E-state index contributed by atoms with van der Waals surface area (Å²) in [7, 11) is 0. The molecule has 1 aromatic rings. The number of aromatic nitrogens is 2. The molecule has 1 aliphatic rings. The van der Waals surface area contributed by atoms with Gasteiger partial charge in [-0.15, -0.1) is 0 Å². The lowest BCUT2D eigenvalue weighted by Gasteiger charge is -2.13. The number of hydrogen-bond acceptors (Lipinski definition) is 5. The fourth-order valence-electron chi connectivity index (χ4n) is 2.04. The highest BCUT2D eigenvalue weighted by molar-refractivity contribution is 4.81. The molecule has 2 rings (SSSR count). The minimum atomic E-state index is 0.679. The van der Waals surface area contributed by atoms with Gasteiger partial charge in [0.05, 0.1) is 6.54 Å². The Balaban J connectivity index is 1.51. The summed E-state index contributed by atoms with van der Waals surface area (Å²) in [5.74, 6) is 1.38. The molecule has 0 aromatic carbocycles. The van der Waals surface area contributed by atoms with Gasteiger partial charge in [-0.25, -0.2) is 0 Å². The molecule has 0 amide bonds.